The Balaban J connectivity index is 1.35. The van der Waals surface area contributed by atoms with Crippen LogP contribution in [-0.2, 0) is 16.6 Å². The fourth-order valence-electron chi connectivity index (χ4n) is 3.88. The smallest absolute Gasteiger partial charge is 0.406 e. The van der Waals surface area contributed by atoms with Crippen molar-refractivity contribution >= 4 is 44.1 Å². The molecule has 1 amide bonds. The number of fused-ring (bicyclic) bond motifs is 1. The monoisotopic (exact) mass is 564 g/mol. The van der Waals surface area contributed by atoms with Crippen molar-refractivity contribution in [2.24, 2.45) is 0 Å². The second kappa shape index (κ2) is 9.93. The number of carbonyl (C=O) groups is 1. The molecule has 0 aliphatic heterocycles. The standard InChI is InChI=1S/C25H20ClF3N4O4S/c26-21-11-4-15(13-31-38(35,36)18-9-10-18)12-19(21)24(34)32-22-2-1-3-23-20(22)14-30-33(23)16-5-7-17(8-6-16)37-25(27,28)29/h1-8,11-12,14,18,31H,9-10,13H2,(H,32,34). The third kappa shape index (κ3) is 5.77. The summed E-state index contributed by atoms with van der Waals surface area (Å²) in [5, 5.41) is 7.55. The van der Waals surface area contributed by atoms with Crippen LogP contribution in [0.15, 0.2) is 66.9 Å². The highest BCUT2D eigenvalue weighted by molar-refractivity contribution is 7.90. The Hall–Kier alpha value is -3.61. The van der Waals surface area contributed by atoms with Gasteiger partial charge in [0.1, 0.15) is 5.75 Å². The zero-order valence-electron chi connectivity index (χ0n) is 19.5. The quantitative estimate of drug-likeness (QED) is 0.298. The van der Waals surface area contributed by atoms with Gasteiger partial charge in [0.2, 0.25) is 10.0 Å². The number of rotatable bonds is 8. The summed E-state index contributed by atoms with van der Waals surface area (Å²) in [7, 11) is -3.38. The van der Waals surface area contributed by atoms with Crippen LogP contribution in [0.2, 0.25) is 5.02 Å². The average molecular weight is 565 g/mol. The number of nitrogens with one attached hydrogen (secondary N) is 2. The molecule has 1 saturated carbocycles. The molecule has 2 N–H and O–H groups in total. The summed E-state index contributed by atoms with van der Waals surface area (Å²) in [6, 6.07) is 15.0. The molecule has 1 fully saturated rings. The predicted octanol–water partition coefficient (Wildman–Crippen LogP) is 5.41. The second-order valence-electron chi connectivity index (χ2n) is 8.67. The van der Waals surface area contributed by atoms with Crippen molar-refractivity contribution < 1.29 is 31.1 Å². The van der Waals surface area contributed by atoms with Crippen molar-refractivity contribution in [2.75, 3.05) is 5.32 Å². The highest BCUT2D eigenvalue weighted by Gasteiger charge is 2.35. The summed E-state index contributed by atoms with van der Waals surface area (Å²) in [6.07, 6.45) is -1.98. The van der Waals surface area contributed by atoms with Gasteiger partial charge in [-0.15, -0.1) is 13.2 Å². The molecule has 1 aliphatic rings. The summed E-state index contributed by atoms with van der Waals surface area (Å²) in [4.78, 5) is 13.1. The van der Waals surface area contributed by atoms with Crippen LogP contribution < -0.4 is 14.8 Å². The lowest BCUT2D eigenvalue weighted by molar-refractivity contribution is -0.274. The molecule has 3 aromatic carbocycles. The van der Waals surface area contributed by atoms with Gasteiger partial charge in [-0.2, -0.15) is 5.10 Å². The summed E-state index contributed by atoms with van der Waals surface area (Å²) in [6.45, 7) is 0.0332. The zero-order valence-corrected chi connectivity index (χ0v) is 21.1. The van der Waals surface area contributed by atoms with E-state index in [4.69, 9.17) is 11.6 Å². The minimum atomic E-state index is -4.79. The number of benzene rings is 3. The van der Waals surface area contributed by atoms with Crippen molar-refractivity contribution in [2.45, 2.75) is 31.0 Å². The lowest BCUT2D eigenvalue weighted by atomic mass is 10.1. The number of nitrogens with zero attached hydrogens (tertiary/aromatic N) is 2. The number of aromatic nitrogens is 2. The number of halogens is 4. The SMILES string of the molecule is O=C(Nc1cccc2c1cnn2-c1ccc(OC(F)(F)F)cc1)c1cc(CNS(=O)(=O)C2CC2)ccc1Cl. The first-order chi connectivity index (χ1) is 18.0. The van der Waals surface area contributed by atoms with Gasteiger partial charge in [0, 0.05) is 11.9 Å². The van der Waals surface area contributed by atoms with Crippen LogP contribution in [0.1, 0.15) is 28.8 Å². The van der Waals surface area contributed by atoms with Gasteiger partial charge in [-0.25, -0.2) is 17.8 Å². The molecule has 5 rings (SSSR count). The van der Waals surface area contributed by atoms with Gasteiger partial charge in [-0.1, -0.05) is 23.7 Å². The molecule has 0 saturated heterocycles. The maximum absolute atomic E-state index is 13.1. The number of alkyl halides is 3. The van der Waals surface area contributed by atoms with Gasteiger partial charge in [0.25, 0.3) is 5.91 Å². The van der Waals surface area contributed by atoms with E-state index >= 15 is 0 Å². The maximum Gasteiger partial charge on any atom is 0.573 e. The predicted molar refractivity (Wildman–Crippen MR) is 136 cm³/mol. The van der Waals surface area contributed by atoms with E-state index in [0.717, 1.165) is 0 Å². The van der Waals surface area contributed by atoms with Crippen LogP contribution in [0, 0.1) is 0 Å². The number of hydrogen-bond donors (Lipinski definition) is 2. The summed E-state index contributed by atoms with van der Waals surface area (Å²) in [5.41, 5.74) is 2.27. The van der Waals surface area contributed by atoms with Crippen molar-refractivity contribution in [3.8, 4) is 11.4 Å². The normalized spacial score (nSPS) is 14.0. The molecule has 1 heterocycles. The van der Waals surface area contributed by atoms with Crippen molar-refractivity contribution in [1.29, 1.82) is 0 Å². The maximum atomic E-state index is 13.1. The lowest BCUT2D eigenvalue weighted by Gasteiger charge is -2.11. The first-order valence-electron chi connectivity index (χ1n) is 11.4. The Kier molecular flexibility index (Phi) is 6.80. The highest BCUT2D eigenvalue weighted by Crippen LogP contribution is 2.30. The van der Waals surface area contributed by atoms with Crippen molar-refractivity contribution in [3.05, 3.63) is 83.0 Å². The molecule has 0 radical (unpaired) electrons. The number of ether oxygens (including phenoxy) is 1. The molecule has 0 spiro atoms. The molecule has 0 atom stereocenters. The van der Waals surface area contributed by atoms with Crippen LogP contribution >= 0.6 is 11.6 Å². The van der Waals surface area contributed by atoms with E-state index in [9.17, 15) is 26.4 Å². The molecule has 13 heteroatoms. The molecule has 198 valence electrons. The number of anilines is 1. The molecule has 1 aliphatic carbocycles. The lowest BCUT2D eigenvalue weighted by Crippen LogP contribution is -2.26. The topological polar surface area (TPSA) is 102 Å². The highest BCUT2D eigenvalue weighted by atomic mass is 35.5. The van der Waals surface area contributed by atoms with E-state index in [-0.39, 0.29) is 28.1 Å². The number of amides is 1. The van der Waals surface area contributed by atoms with Crippen LogP contribution in [0.25, 0.3) is 16.6 Å². The summed E-state index contributed by atoms with van der Waals surface area (Å²) < 4.78 is 69.6. The van der Waals surface area contributed by atoms with E-state index in [1.54, 1.807) is 24.3 Å². The van der Waals surface area contributed by atoms with E-state index in [1.165, 1.54) is 47.3 Å². The minimum absolute atomic E-state index is 0.0332. The van der Waals surface area contributed by atoms with Gasteiger partial charge < -0.3 is 10.1 Å². The summed E-state index contributed by atoms with van der Waals surface area (Å²) in [5.74, 6) is -0.860. The minimum Gasteiger partial charge on any atom is -0.406 e. The third-order valence-electron chi connectivity index (χ3n) is 5.89. The first kappa shape index (κ1) is 26.0. The Bertz CT molecular complexity index is 1620. The fraction of sp³-hybridized carbons (Fsp3) is 0.200. The van der Waals surface area contributed by atoms with Crippen LogP contribution in [0.4, 0.5) is 18.9 Å². The molecular weight excluding hydrogens is 545 g/mol. The average Bonchev–Trinajstić information content (AvgIpc) is 3.64. The Labute approximate surface area is 220 Å². The number of hydrogen-bond acceptors (Lipinski definition) is 5. The molecule has 0 bridgehead atoms. The molecule has 0 unspecified atom stereocenters. The van der Waals surface area contributed by atoms with Gasteiger partial charge in [0.15, 0.2) is 0 Å². The van der Waals surface area contributed by atoms with Crippen molar-refractivity contribution in [3.63, 3.8) is 0 Å². The van der Waals surface area contributed by atoms with Gasteiger partial charge in [0.05, 0.1) is 38.9 Å². The summed E-state index contributed by atoms with van der Waals surface area (Å²) >= 11 is 6.27. The van der Waals surface area contributed by atoms with Crippen molar-refractivity contribution in [1.82, 2.24) is 14.5 Å². The molecule has 1 aromatic heterocycles. The Morgan fingerprint density at radius 1 is 1.11 bits per heavy atom. The van der Waals surface area contributed by atoms with Gasteiger partial charge in [-0.05, 0) is 66.9 Å². The van der Waals surface area contributed by atoms with Crippen LogP contribution in [0.5, 0.6) is 5.75 Å². The number of carbonyl (C=O) groups excluding carboxylic acids is 1. The Morgan fingerprint density at radius 2 is 1.84 bits per heavy atom. The molecule has 8 nitrogen and oxygen atoms in total. The van der Waals surface area contributed by atoms with Gasteiger partial charge in [-0.3, -0.25) is 4.79 Å². The van der Waals surface area contributed by atoms with E-state index in [2.05, 4.69) is 19.9 Å². The molecular formula is C25H20ClF3N4O4S. The van der Waals surface area contributed by atoms with Crippen LogP contribution in [-0.4, -0.2) is 35.7 Å². The number of sulfonamides is 1. The second-order valence-corrected chi connectivity index (χ2v) is 11.1. The van der Waals surface area contributed by atoms with Gasteiger partial charge >= 0.3 is 6.36 Å². The zero-order chi connectivity index (χ0) is 27.1. The molecule has 4 aromatic rings. The fourth-order valence-corrected chi connectivity index (χ4v) is 5.44. The van der Waals surface area contributed by atoms with E-state index < -0.39 is 22.3 Å². The van der Waals surface area contributed by atoms with Crippen LogP contribution in [0.3, 0.4) is 0 Å². The third-order valence-corrected chi connectivity index (χ3v) is 8.12. The Morgan fingerprint density at radius 3 is 2.53 bits per heavy atom. The largest absolute Gasteiger partial charge is 0.573 e. The van der Waals surface area contributed by atoms with E-state index in [1.807, 2.05) is 0 Å². The molecule has 38 heavy (non-hydrogen) atoms. The first-order valence-corrected chi connectivity index (χ1v) is 13.3. The van der Waals surface area contributed by atoms with E-state index in [0.29, 0.717) is 40.7 Å².